The molecular formula is C18H33ClIN5O. The summed E-state index contributed by atoms with van der Waals surface area (Å²) >= 11 is 6.07. The number of hydrogen-bond donors (Lipinski definition) is 1. The van der Waals surface area contributed by atoms with Crippen molar-refractivity contribution in [2.24, 2.45) is 18.0 Å². The van der Waals surface area contributed by atoms with Gasteiger partial charge in [0.15, 0.2) is 5.96 Å². The fraction of sp³-hybridized carbons (Fsp3) is 0.722. The van der Waals surface area contributed by atoms with Gasteiger partial charge in [-0.15, -0.1) is 24.0 Å². The van der Waals surface area contributed by atoms with E-state index in [1.807, 2.05) is 26.4 Å². The highest BCUT2D eigenvalue weighted by Gasteiger charge is 2.19. The first kappa shape index (κ1) is 23.5. The molecule has 1 N–H and O–H groups in total. The average molecular weight is 498 g/mol. The van der Waals surface area contributed by atoms with Gasteiger partial charge in [0.25, 0.3) is 0 Å². The van der Waals surface area contributed by atoms with Crippen LogP contribution in [0.25, 0.3) is 0 Å². The number of rotatable bonds is 7. The van der Waals surface area contributed by atoms with Crippen molar-refractivity contribution in [3.05, 3.63) is 23.0 Å². The maximum atomic E-state index is 6.07. The van der Waals surface area contributed by atoms with Crippen LogP contribution in [0.4, 0.5) is 0 Å². The highest BCUT2D eigenvalue weighted by atomic mass is 127. The van der Waals surface area contributed by atoms with E-state index in [2.05, 4.69) is 31.7 Å². The summed E-state index contributed by atoms with van der Waals surface area (Å²) in [7, 11) is 7.68. The van der Waals surface area contributed by atoms with E-state index in [0.717, 1.165) is 50.3 Å². The lowest BCUT2D eigenvalue weighted by molar-refractivity contribution is 0.120. The minimum absolute atomic E-state index is 0. The third-order valence-electron chi connectivity index (χ3n) is 4.91. The molecule has 1 aromatic rings. The van der Waals surface area contributed by atoms with E-state index in [4.69, 9.17) is 16.3 Å². The largest absolute Gasteiger partial charge is 0.383 e. The summed E-state index contributed by atoms with van der Waals surface area (Å²) in [4.78, 5) is 9.05. The Morgan fingerprint density at radius 2 is 2.12 bits per heavy atom. The van der Waals surface area contributed by atoms with Crippen LogP contribution in [0, 0.1) is 5.92 Å². The molecule has 1 aromatic heterocycles. The third kappa shape index (κ3) is 7.25. The maximum absolute atomic E-state index is 6.07. The van der Waals surface area contributed by atoms with Crippen molar-refractivity contribution in [1.82, 2.24) is 19.7 Å². The van der Waals surface area contributed by atoms with Gasteiger partial charge in [-0.3, -0.25) is 4.99 Å². The molecule has 0 radical (unpaired) electrons. The van der Waals surface area contributed by atoms with E-state index in [1.165, 1.54) is 18.5 Å². The average Bonchev–Trinajstić information content (AvgIpc) is 2.91. The van der Waals surface area contributed by atoms with E-state index in [1.54, 1.807) is 7.11 Å². The molecule has 0 saturated carbocycles. The first-order chi connectivity index (χ1) is 12.0. The van der Waals surface area contributed by atoms with Crippen molar-refractivity contribution < 1.29 is 4.74 Å². The summed E-state index contributed by atoms with van der Waals surface area (Å²) < 4.78 is 7.22. The van der Waals surface area contributed by atoms with Crippen LogP contribution in [0.5, 0.6) is 0 Å². The van der Waals surface area contributed by atoms with E-state index in [0.29, 0.717) is 5.92 Å². The molecule has 1 aliphatic heterocycles. The van der Waals surface area contributed by atoms with Crippen LogP contribution in [-0.2, 0) is 18.3 Å². The predicted octanol–water partition coefficient (Wildman–Crippen LogP) is 2.66. The molecule has 26 heavy (non-hydrogen) atoms. The second-order valence-corrected chi connectivity index (χ2v) is 7.26. The zero-order valence-electron chi connectivity index (χ0n) is 16.4. The maximum Gasteiger partial charge on any atom is 0.193 e. The quantitative estimate of drug-likeness (QED) is 0.357. The topological polar surface area (TPSA) is 45.0 Å². The van der Waals surface area contributed by atoms with Crippen LogP contribution >= 0.6 is 35.6 Å². The predicted molar refractivity (Wildman–Crippen MR) is 120 cm³/mol. The van der Waals surface area contributed by atoms with Crippen molar-refractivity contribution in [2.45, 2.75) is 19.4 Å². The smallest absolute Gasteiger partial charge is 0.193 e. The second kappa shape index (κ2) is 12.0. The van der Waals surface area contributed by atoms with Gasteiger partial charge in [-0.05, 0) is 37.9 Å². The Balaban J connectivity index is 0.00000338. The molecule has 0 aliphatic carbocycles. The fourth-order valence-electron chi connectivity index (χ4n) is 3.30. The summed E-state index contributed by atoms with van der Waals surface area (Å²) in [6.45, 7) is 5.93. The third-order valence-corrected chi connectivity index (χ3v) is 5.12. The number of ether oxygens (including phenoxy) is 1. The number of hydrogen-bond acceptors (Lipinski definition) is 3. The SMILES string of the molecule is CN=C(NCC1CCN(CCOC)CC1)N(C)Cc1cc(Cl)cn1C.I. The fourth-order valence-corrected chi connectivity index (χ4v) is 3.57. The van der Waals surface area contributed by atoms with Crippen molar-refractivity contribution in [1.29, 1.82) is 0 Å². The molecule has 0 atom stereocenters. The Labute approximate surface area is 179 Å². The van der Waals surface area contributed by atoms with Gasteiger partial charge in [0.2, 0.25) is 0 Å². The minimum Gasteiger partial charge on any atom is -0.383 e. The van der Waals surface area contributed by atoms with Crippen LogP contribution in [0.3, 0.4) is 0 Å². The lowest BCUT2D eigenvalue weighted by Crippen LogP contribution is -2.43. The van der Waals surface area contributed by atoms with E-state index in [9.17, 15) is 0 Å². The molecule has 1 aliphatic rings. The van der Waals surface area contributed by atoms with Gasteiger partial charge >= 0.3 is 0 Å². The van der Waals surface area contributed by atoms with Crippen LogP contribution in [0.1, 0.15) is 18.5 Å². The number of aromatic nitrogens is 1. The number of piperidine rings is 1. The molecular weight excluding hydrogens is 465 g/mol. The van der Waals surface area contributed by atoms with E-state index in [-0.39, 0.29) is 24.0 Å². The number of guanidine groups is 1. The van der Waals surface area contributed by atoms with Gasteiger partial charge in [0.1, 0.15) is 0 Å². The van der Waals surface area contributed by atoms with E-state index < -0.39 is 0 Å². The zero-order chi connectivity index (χ0) is 18.2. The highest BCUT2D eigenvalue weighted by Crippen LogP contribution is 2.17. The Kier molecular flexibility index (Phi) is 10.9. The monoisotopic (exact) mass is 497 g/mol. The normalized spacial score (nSPS) is 16.4. The Hall–Kier alpha value is -0.510. The molecule has 1 saturated heterocycles. The molecule has 0 bridgehead atoms. The number of likely N-dealkylation sites (tertiary alicyclic amines) is 1. The minimum atomic E-state index is 0. The van der Waals surface area contributed by atoms with Gasteiger partial charge in [0.05, 0.1) is 18.2 Å². The number of methoxy groups -OCH3 is 1. The van der Waals surface area contributed by atoms with Crippen molar-refractivity contribution in [2.75, 3.05) is 54.0 Å². The Morgan fingerprint density at radius 1 is 1.42 bits per heavy atom. The molecule has 0 unspecified atom stereocenters. The number of nitrogens with one attached hydrogen (secondary N) is 1. The van der Waals surface area contributed by atoms with Gasteiger partial charge in [-0.25, -0.2) is 0 Å². The van der Waals surface area contributed by atoms with Crippen LogP contribution in [-0.4, -0.2) is 74.3 Å². The van der Waals surface area contributed by atoms with Crippen LogP contribution < -0.4 is 5.32 Å². The second-order valence-electron chi connectivity index (χ2n) is 6.82. The Bertz CT molecular complexity index is 558. The van der Waals surface area contributed by atoms with Crippen LogP contribution in [0.2, 0.25) is 5.02 Å². The van der Waals surface area contributed by atoms with Crippen LogP contribution in [0.15, 0.2) is 17.3 Å². The first-order valence-corrected chi connectivity index (χ1v) is 9.35. The highest BCUT2D eigenvalue weighted by molar-refractivity contribution is 14.0. The Morgan fingerprint density at radius 3 is 2.65 bits per heavy atom. The molecule has 0 amide bonds. The van der Waals surface area contributed by atoms with E-state index >= 15 is 0 Å². The number of aliphatic imine (C=N–C) groups is 1. The lowest BCUT2D eigenvalue weighted by atomic mass is 9.97. The first-order valence-electron chi connectivity index (χ1n) is 8.97. The number of halogens is 2. The van der Waals surface area contributed by atoms with Gasteiger partial charge in [-0.2, -0.15) is 0 Å². The lowest BCUT2D eigenvalue weighted by Gasteiger charge is -2.32. The summed E-state index contributed by atoms with van der Waals surface area (Å²) in [5.41, 5.74) is 1.17. The number of aryl methyl sites for hydroxylation is 1. The van der Waals surface area contributed by atoms with Gasteiger partial charge in [-0.1, -0.05) is 11.6 Å². The molecule has 0 aromatic carbocycles. The standard InChI is InChI=1S/C18H32ClN5O.HI/c1-20-18(23(3)14-17-11-16(19)13-22(17)2)21-12-15-5-7-24(8-6-15)9-10-25-4;/h11,13,15H,5-10,12,14H2,1-4H3,(H,20,21);1H. The molecule has 6 nitrogen and oxygen atoms in total. The molecule has 2 rings (SSSR count). The van der Waals surface area contributed by atoms with Crippen molar-refractivity contribution >= 4 is 41.5 Å². The summed E-state index contributed by atoms with van der Waals surface area (Å²) in [5.74, 6) is 1.63. The summed E-state index contributed by atoms with van der Waals surface area (Å²) in [6.07, 6.45) is 4.38. The summed E-state index contributed by atoms with van der Waals surface area (Å²) in [6, 6.07) is 2.00. The molecule has 2 heterocycles. The van der Waals surface area contributed by atoms with Crippen molar-refractivity contribution in [3.8, 4) is 0 Å². The zero-order valence-corrected chi connectivity index (χ0v) is 19.5. The molecule has 150 valence electrons. The summed E-state index contributed by atoms with van der Waals surface area (Å²) in [5, 5.41) is 4.31. The van der Waals surface area contributed by atoms with Gasteiger partial charge in [0, 0.05) is 53.2 Å². The van der Waals surface area contributed by atoms with Crippen molar-refractivity contribution in [3.63, 3.8) is 0 Å². The van der Waals surface area contributed by atoms with Gasteiger partial charge < -0.3 is 24.4 Å². The molecule has 8 heteroatoms. The molecule has 0 spiro atoms. The molecule has 1 fully saturated rings. The number of nitrogens with zero attached hydrogens (tertiary/aromatic N) is 4.